The molecule has 2 fully saturated rings. The molecule has 2 aliphatic rings. The van der Waals surface area contributed by atoms with Crippen molar-refractivity contribution < 1.29 is 4.79 Å². The van der Waals surface area contributed by atoms with Gasteiger partial charge < -0.3 is 10.2 Å². The first-order valence-electron chi connectivity index (χ1n) is 7.87. The van der Waals surface area contributed by atoms with E-state index in [1.165, 1.54) is 44.1 Å². The molecule has 1 aliphatic heterocycles. The van der Waals surface area contributed by atoms with Gasteiger partial charge in [-0.25, -0.2) is 0 Å². The number of hydrogen-bond donors (Lipinski definition) is 1. The van der Waals surface area contributed by atoms with Crippen molar-refractivity contribution >= 4 is 17.2 Å². The summed E-state index contributed by atoms with van der Waals surface area (Å²) in [6.45, 7) is 1.80. The van der Waals surface area contributed by atoms with Crippen molar-refractivity contribution in [3.63, 3.8) is 0 Å². The van der Waals surface area contributed by atoms with Crippen LogP contribution in [0, 0.1) is 0 Å². The van der Waals surface area contributed by atoms with Crippen LogP contribution < -0.4 is 5.32 Å². The Morgan fingerprint density at radius 1 is 1.25 bits per heavy atom. The maximum Gasteiger partial charge on any atom is 0.224 e. The van der Waals surface area contributed by atoms with Crippen LogP contribution in [-0.4, -0.2) is 29.4 Å². The predicted octanol–water partition coefficient (Wildman–Crippen LogP) is 3.16. The minimum Gasteiger partial charge on any atom is -0.338 e. The van der Waals surface area contributed by atoms with E-state index in [0.717, 1.165) is 13.1 Å². The van der Waals surface area contributed by atoms with E-state index in [0.29, 0.717) is 24.4 Å². The third-order valence-electron chi connectivity index (χ3n) is 4.60. The van der Waals surface area contributed by atoms with Gasteiger partial charge >= 0.3 is 0 Å². The molecule has 0 spiro atoms. The number of amides is 1. The summed E-state index contributed by atoms with van der Waals surface area (Å²) in [6, 6.07) is 3.00. The van der Waals surface area contributed by atoms with Gasteiger partial charge in [-0.05, 0) is 35.2 Å². The highest BCUT2D eigenvalue weighted by molar-refractivity contribution is 7.07. The highest BCUT2D eigenvalue weighted by Crippen LogP contribution is 2.25. The van der Waals surface area contributed by atoms with Crippen molar-refractivity contribution in [3.8, 4) is 0 Å². The Bertz CT molecular complexity index is 424. The van der Waals surface area contributed by atoms with Crippen molar-refractivity contribution in [3.05, 3.63) is 22.4 Å². The van der Waals surface area contributed by atoms with Crippen molar-refractivity contribution in [1.29, 1.82) is 0 Å². The summed E-state index contributed by atoms with van der Waals surface area (Å²) in [4.78, 5) is 14.4. The zero-order chi connectivity index (χ0) is 13.8. The highest BCUT2D eigenvalue weighted by Gasteiger charge is 2.33. The lowest BCUT2D eigenvalue weighted by molar-refractivity contribution is -0.129. The molecule has 1 saturated carbocycles. The second kappa shape index (κ2) is 6.72. The summed E-state index contributed by atoms with van der Waals surface area (Å²) in [5.74, 6) is 0.361. The molecule has 1 aromatic heterocycles. The largest absolute Gasteiger partial charge is 0.338 e. The first-order chi connectivity index (χ1) is 9.83. The van der Waals surface area contributed by atoms with Crippen LogP contribution in [0.4, 0.5) is 0 Å². The number of thiophene rings is 1. The lowest BCUT2D eigenvalue weighted by Crippen LogP contribution is -2.38. The van der Waals surface area contributed by atoms with E-state index in [4.69, 9.17) is 0 Å². The molecule has 0 bridgehead atoms. The topological polar surface area (TPSA) is 32.3 Å². The van der Waals surface area contributed by atoms with Crippen LogP contribution in [0.3, 0.4) is 0 Å². The second-order valence-electron chi connectivity index (χ2n) is 6.11. The van der Waals surface area contributed by atoms with Crippen LogP contribution in [-0.2, 0) is 11.3 Å². The van der Waals surface area contributed by atoms with Gasteiger partial charge in [0, 0.05) is 31.6 Å². The number of carbonyl (C=O) groups excluding carboxylic acids is 1. The van der Waals surface area contributed by atoms with Gasteiger partial charge in [0.05, 0.1) is 0 Å². The number of likely N-dealkylation sites (tertiary alicyclic amines) is 1. The molecule has 0 radical (unpaired) electrons. The molecule has 1 atom stereocenters. The smallest absolute Gasteiger partial charge is 0.224 e. The number of carbonyl (C=O) groups is 1. The van der Waals surface area contributed by atoms with Crippen molar-refractivity contribution in [2.75, 3.05) is 6.54 Å². The minimum absolute atomic E-state index is 0.339. The summed E-state index contributed by atoms with van der Waals surface area (Å²) in [7, 11) is 0. The zero-order valence-corrected chi connectivity index (χ0v) is 12.8. The van der Waals surface area contributed by atoms with E-state index < -0.39 is 0 Å². The van der Waals surface area contributed by atoms with Gasteiger partial charge in [0.2, 0.25) is 5.91 Å². The van der Waals surface area contributed by atoms with Crippen LogP contribution in [0.25, 0.3) is 0 Å². The van der Waals surface area contributed by atoms with Gasteiger partial charge in [0.25, 0.3) is 0 Å². The quantitative estimate of drug-likeness (QED) is 0.865. The SMILES string of the molecule is O=C1CC(NCc2ccsc2)CN1C1CCCCCC1. The van der Waals surface area contributed by atoms with E-state index in [1.54, 1.807) is 11.3 Å². The van der Waals surface area contributed by atoms with Crippen molar-refractivity contribution in [2.45, 2.75) is 63.6 Å². The van der Waals surface area contributed by atoms with E-state index in [-0.39, 0.29) is 0 Å². The Morgan fingerprint density at radius 3 is 2.75 bits per heavy atom. The molecule has 1 unspecified atom stereocenters. The van der Waals surface area contributed by atoms with Crippen LogP contribution >= 0.6 is 11.3 Å². The molecule has 3 nitrogen and oxygen atoms in total. The summed E-state index contributed by atoms with van der Waals surface area (Å²) in [6.07, 6.45) is 8.38. The molecule has 4 heteroatoms. The van der Waals surface area contributed by atoms with Crippen molar-refractivity contribution in [1.82, 2.24) is 10.2 Å². The average molecular weight is 292 g/mol. The van der Waals surface area contributed by atoms with Gasteiger partial charge in [-0.15, -0.1) is 0 Å². The van der Waals surface area contributed by atoms with E-state index in [1.807, 2.05) is 0 Å². The van der Waals surface area contributed by atoms with Gasteiger partial charge in [0.1, 0.15) is 0 Å². The predicted molar refractivity (Wildman–Crippen MR) is 82.8 cm³/mol. The highest BCUT2D eigenvalue weighted by atomic mass is 32.1. The molecule has 1 amide bonds. The number of hydrogen-bond acceptors (Lipinski definition) is 3. The summed E-state index contributed by atoms with van der Waals surface area (Å²) in [5, 5.41) is 7.82. The first kappa shape index (κ1) is 14.1. The van der Waals surface area contributed by atoms with Crippen LogP contribution in [0.5, 0.6) is 0 Å². The molecule has 110 valence electrons. The maximum atomic E-state index is 12.2. The third kappa shape index (κ3) is 3.41. The normalized spacial score (nSPS) is 25.1. The monoisotopic (exact) mass is 292 g/mol. The fraction of sp³-hybridized carbons (Fsp3) is 0.688. The van der Waals surface area contributed by atoms with E-state index in [9.17, 15) is 4.79 Å². The fourth-order valence-corrected chi connectivity index (χ4v) is 4.11. The number of nitrogens with zero attached hydrogens (tertiary/aromatic N) is 1. The van der Waals surface area contributed by atoms with E-state index >= 15 is 0 Å². The van der Waals surface area contributed by atoms with Crippen molar-refractivity contribution in [2.24, 2.45) is 0 Å². The third-order valence-corrected chi connectivity index (χ3v) is 5.33. The summed E-state index contributed by atoms with van der Waals surface area (Å²) >= 11 is 1.73. The molecule has 2 heterocycles. The van der Waals surface area contributed by atoms with Crippen LogP contribution in [0.15, 0.2) is 16.8 Å². The fourth-order valence-electron chi connectivity index (χ4n) is 3.45. The van der Waals surface area contributed by atoms with Crippen LogP contribution in [0.1, 0.15) is 50.5 Å². The van der Waals surface area contributed by atoms with Crippen LogP contribution in [0.2, 0.25) is 0 Å². The Labute approximate surface area is 125 Å². The molecule has 20 heavy (non-hydrogen) atoms. The number of rotatable bonds is 4. The Kier molecular flexibility index (Phi) is 4.73. The Balaban J connectivity index is 1.52. The Morgan fingerprint density at radius 2 is 2.05 bits per heavy atom. The molecule has 1 saturated heterocycles. The van der Waals surface area contributed by atoms with Gasteiger partial charge in [-0.3, -0.25) is 4.79 Å². The lowest BCUT2D eigenvalue weighted by atomic mass is 10.1. The Hall–Kier alpha value is -0.870. The lowest BCUT2D eigenvalue weighted by Gasteiger charge is -2.27. The van der Waals surface area contributed by atoms with E-state index in [2.05, 4.69) is 27.0 Å². The number of nitrogens with one attached hydrogen (secondary N) is 1. The average Bonchev–Trinajstić information content (AvgIpc) is 3.00. The van der Waals surface area contributed by atoms with Gasteiger partial charge in [-0.1, -0.05) is 25.7 Å². The maximum absolute atomic E-state index is 12.2. The zero-order valence-electron chi connectivity index (χ0n) is 12.0. The second-order valence-corrected chi connectivity index (χ2v) is 6.89. The van der Waals surface area contributed by atoms with Gasteiger partial charge in [-0.2, -0.15) is 11.3 Å². The molecule has 0 aromatic carbocycles. The molecule has 3 rings (SSSR count). The van der Waals surface area contributed by atoms with Gasteiger partial charge in [0.15, 0.2) is 0 Å². The minimum atomic E-state index is 0.339. The first-order valence-corrected chi connectivity index (χ1v) is 8.81. The summed E-state index contributed by atoms with van der Waals surface area (Å²) in [5.41, 5.74) is 1.33. The standard InChI is InChI=1S/C16H24N2OS/c19-16-9-14(17-10-13-7-8-20-12-13)11-18(16)15-5-3-1-2-4-6-15/h7-8,12,14-15,17H,1-6,9-11H2. The molecular formula is C16H24N2OS. The molecule has 1 N–H and O–H groups in total. The molecular weight excluding hydrogens is 268 g/mol. The molecule has 1 aromatic rings. The summed E-state index contributed by atoms with van der Waals surface area (Å²) < 4.78 is 0. The molecule has 1 aliphatic carbocycles.